The van der Waals surface area contributed by atoms with E-state index in [1.165, 1.54) is 22.3 Å². The number of rotatable bonds is 1. The van der Waals surface area contributed by atoms with Crippen LogP contribution in [0.1, 0.15) is 22.3 Å². The fourth-order valence-corrected chi connectivity index (χ4v) is 2.04. The van der Waals surface area contributed by atoms with Crippen LogP contribution in [-0.4, -0.2) is 18.7 Å². The molecule has 0 atom stereocenters. The molecule has 1 aliphatic carbocycles. The zero-order chi connectivity index (χ0) is 11.7. The Kier molecular flexibility index (Phi) is 2.64. The highest BCUT2D eigenvalue weighted by atomic mass is 15.4. The largest absolute Gasteiger partial charge is 0.369 e. The van der Waals surface area contributed by atoms with Gasteiger partial charge < -0.3 is 5.73 Å². The molecule has 0 fully saturated rings. The molecule has 1 aromatic carbocycles. The van der Waals surface area contributed by atoms with Gasteiger partial charge in [0.25, 0.3) is 0 Å². The third kappa shape index (κ3) is 1.78. The van der Waals surface area contributed by atoms with Gasteiger partial charge in [0.2, 0.25) is 5.96 Å². The van der Waals surface area contributed by atoms with Crippen LogP contribution >= 0.6 is 0 Å². The lowest BCUT2D eigenvalue weighted by molar-refractivity contribution is 0.972. The molecule has 0 radical (unpaired) electrons. The number of aryl methyl sites for hydroxylation is 2. The van der Waals surface area contributed by atoms with Crippen LogP contribution in [0, 0.1) is 13.8 Å². The van der Waals surface area contributed by atoms with E-state index in [4.69, 9.17) is 5.73 Å². The Morgan fingerprint density at radius 1 is 1.38 bits per heavy atom. The first-order valence-corrected chi connectivity index (χ1v) is 5.27. The predicted octanol–water partition coefficient (Wildman–Crippen LogP) is 1.10. The van der Waals surface area contributed by atoms with Gasteiger partial charge in [-0.15, -0.1) is 0 Å². The van der Waals surface area contributed by atoms with Crippen molar-refractivity contribution in [2.24, 2.45) is 15.8 Å². The maximum atomic E-state index is 5.51. The van der Waals surface area contributed by atoms with Crippen molar-refractivity contribution in [3.8, 4) is 0 Å². The summed E-state index contributed by atoms with van der Waals surface area (Å²) in [7, 11) is 1.63. The van der Waals surface area contributed by atoms with Crippen molar-refractivity contribution in [1.29, 1.82) is 0 Å². The van der Waals surface area contributed by atoms with Crippen LogP contribution in [-0.2, 0) is 6.42 Å². The number of nitrogens with one attached hydrogen (secondary N) is 1. The summed E-state index contributed by atoms with van der Waals surface area (Å²) in [5.74, 6) is 0.339. The fourth-order valence-electron chi connectivity index (χ4n) is 2.04. The summed E-state index contributed by atoms with van der Waals surface area (Å²) in [6.07, 6.45) is 0.905. The fraction of sp³-hybridized carbons (Fsp3) is 0.333. The van der Waals surface area contributed by atoms with Gasteiger partial charge in [-0.25, -0.2) is 5.43 Å². The quantitative estimate of drug-likeness (QED) is 0.419. The molecular formula is C12H16N4. The third-order valence-electron chi connectivity index (χ3n) is 2.75. The topological polar surface area (TPSA) is 62.8 Å². The minimum atomic E-state index is 0.339. The van der Waals surface area contributed by atoms with Crippen molar-refractivity contribution in [1.82, 2.24) is 5.43 Å². The number of aliphatic imine (C=N–C) groups is 1. The van der Waals surface area contributed by atoms with Crippen molar-refractivity contribution >= 4 is 11.7 Å². The summed E-state index contributed by atoms with van der Waals surface area (Å²) in [4.78, 5) is 3.79. The summed E-state index contributed by atoms with van der Waals surface area (Å²) < 4.78 is 0. The van der Waals surface area contributed by atoms with Crippen molar-refractivity contribution in [2.45, 2.75) is 20.3 Å². The SMILES string of the molecule is CN=C(N)N/N=C1\Cc2cc(C)cc(C)c21. The Bertz CT molecular complexity index is 469. The van der Waals surface area contributed by atoms with E-state index in [1.807, 2.05) is 0 Å². The molecule has 0 saturated carbocycles. The second kappa shape index (κ2) is 3.96. The zero-order valence-electron chi connectivity index (χ0n) is 9.83. The van der Waals surface area contributed by atoms with Crippen LogP contribution in [0.5, 0.6) is 0 Å². The summed E-state index contributed by atoms with van der Waals surface area (Å²) in [5.41, 5.74) is 14.5. The van der Waals surface area contributed by atoms with Crippen molar-refractivity contribution < 1.29 is 0 Å². The van der Waals surface area contributed by atoms with E-state index in [-0.39, 0.29) is 0 Å². The molecule has 16 heavy (non-hydrogen) atoms. The molecule has 4 heteroatoms. The van der Waals surface area contributed by atoms with Gasteiger partial charge in [-0.1, -0.05) is 17.7 Å². The molecule has 4 nitrogen and oxygen atoms in total. The van der Waals surface area contributed by atoms with Crippen LogP contribution in [0.15, 0.2) is 22.2 Å². The molecular weight excluding hydrogens is 200 g/mol. The molecule has 2 rings (SSSR count). The van der Waals surface area contributed by atoms with E-state index >= 15 is 0 Å². The smallest absolute Gasteiger partial charge is 0.209 e. The number of hydrazone groups is 1. The van der Waals surface area contributed by atoms with Crippen LogP contribution in [0.25, 0.3) is 0 Å². The Labute approximate surface area is 95.3 Å². The van der Waals surface area contributed by atoms with Gasteiger partial charge in [-0.2, -0.15) is 5.10 Å². The minimum absolute atomic E-state index is 0.339. The van der Waals surface area contributed by atoms with Gasteiger partial charge in [0, 0.05) is 19.0 Å². The second-order valence-corrected chi connectivity index (χ2v) is 4.07. The number of fused-ring (bicyclic) bond motifs is 1. The molecule has 0 heterocycles. The van der Waals surface area contributed by atoms with Crippen LogP contribution in [0.4, 0.5) is 0 Å². The first-order chi connectivity index (χ1) is 7.61. The van der Waals surface area contributed by atoms with E-state index in [0.717, 1.165) is 12.1 Å². The van der Waals surface area contributed by atoms with Gasteiger partial charge in [-0.05, 0) is 25.0 Å². The highest BCUT2D eigenvalue weighted by Gasteiger charge is 2.23. The Morgan fingerprint density at radius 2 is 2.12 bits per heavy atom. The number of benzene rings is 1. The van der Waals surface area contributed by atoms with Crippen LogP contribution < -0.4 is 11.2 Å². The van der Waals surface area contributed by atoms with E-state index in [9.17, 15) is 0 Å². The summed E-state index contributed by atoms with van der Waals surface area (Å²) in [6, 6.07) is 4.38. The number of nitrogens with zero attached hydrogens (tertiary/aromatic N) is 2. The average Bonchev–Trinajstić information content (AvgIpc) is 2.19. The van der Waals surface area contributed by atoms with Crippen LogP contribution in [0.2, 0.25) is 0 Å². The minimum Gasteiger partial charge on any atom is -0.369 e. The highest BCUT2D eigenvalue weighted by molar-refractivity contribution is 6.11. The number of hydrogen-bond donors (Lipinski definition) is 2. The monoisotopic (exact) mass is 216 g/mol. The molecule has 0 amide bonds. The predicted molar refractivity (Wildman–Crippen MR) is 66.8 cm³/mol. The summed E-state index contributed by atoms with van der Waals surface area (Å²) in [6.45, 7) is 4.22. The lowest BCUT2D eigenvalue weighted by atomic mass is 9.82. The normalized spacial score (nSPS) is 16.9. The lowest BCUT2D eigenvalue weighted by Crippen LogP contribution is -2.31. The molecule has 1 aromatic rings. The highest BCUT2D eigenvalue weighted by Crippen LogP contribution is 2.28. The molecule has 0 saturated heterocycles. The van der Waals surface area contributed by atoms with Gasteiger partial charge in [0.1, 0.15) is 0 Å². The standard InChI is InChI=1S/C12H16N4/c1-7-4-8(2)11-9(5-7)6-10(11)15-16-12(13)14-3/h4-5H,6H2,1-3H3,(H3,13,14,16)/b15-10+. The number of hydrogen-bond acceptors (Lipinski definition) is 2. The van der Waals surface area contributed by atoms with Crippen molar-refractivity contribution in [3.05, 3.63) is 34.4 Å². The van der Waals surface area contributed by atoms with Crippen LogP contribution in [0.3, 0.4) is 0 Å². The second-order valence-electron chi connectivity index (χ2n) is 4.07. The number of nitrogens with two attached hydrogens (primary N) is 1. The maximum absolute atomic E-state index is 5.51. The molecule has 0 aliphatic heterocycles. The lowest BCUT2D eigenvalue weighted by Gasteiger charge is -2.24. The van der Waals surface area contributed by atoms with Gasteiger partial charge >= 0.3 is 0 Å². The molecule has 0 spiro atoms. The third-order valence-corrected chi connectivity index (χ3v) is 2.75. The summed E-state index contributed by atoms with van der Waals surface area (Å²) in [5, 5.41) is 4.24. The van der Waals surface area contributed by atoms with E-state index < -0.39 is 0 Å². The van der Waals surface area contributed by atoms with Gasteiger partial charge in [-0.3, -0.25) is 4.99 Å². The van der Waals surface area contributed by atoms with Crippen molar-refractivity contribution in [2.75, 3.05) is 7.05 Å². The molecule has 0 unspecified atom stereocenters. The first kappa shape index (κ1) is 10.7. The molecule has 1 aliphatic rings. The average molecular weight is 216 g/mol. The first-order valence-electron chi connectivity index (χ1n) is 5.27. The Hall–Kier alpha value is -1.84. The zero-order valence-corrected chi connectivity index (χ0v) is 9.83. The van der Waals surface area contributed by atoms with Crippen molar-refractivity contribution in [3.63, 3.8) is 0 Å². The molecule has 0 aromatic heterocycles. The Morgan fingerprint density at radius 3 is 2.75 bits per heavy atom. The molecule has 3 N–H and O–H groups in total. The van der Waals surface area contributed by atoms with E-state index in [2.05, 4.69) is 41.5 Å². The van der Waals surface area contributed by atoms with E-state index in [0.29, 0.717) is 5.96 Å². The maximum Gasteiger partial charge on any atom is 0.209 e. The number of guanidine groups is 1. The van der Waals surface area contributed by atoms with Gasteiger partial charge in [0.05, 0.1) is 5.71 Å². The molecule has 84 valence electrons. The Balaban J connectivity index is 2.25. The molecule has 0 bridgehead atoms. The van der Waals surface area contributed by atoms with E-state index in [1.54, 1.807) is 7.05 Å². The van der Waals surface area contributed by atoms with Gasteiger partial charge in [0.15, 0.2) is 0 Å². The summed E-state index contributed by atoms with van der Waals surface area (Å²) >= 11 is 0.